The van der Waals surface area contributed by atoms with Crippen molar-refractivity contribution >= 4 is 8.58 Å². The lowest BCUT2D eigenvalue weighted by Gasteiger charge is -2.22. The SMILES string of the molecule is CCCCCCCCCCCCCCCCCCCCCC(CC)PC(CC)CCCCCCCCCCCCCCCCCCCCC.F. The van der Waals surface area contributed by atoms with Crippen molar-refractivity contribution in [2.24, 2.45) is 0 Å². The monoisotopic (exact) mass is 727 g/mol. The Morgan fingerprint density at radius 1 is 0.240 bits per heavy atom. The Hall–Kier alpha value is 0.360. The predicted octanol–water partition coefficient (Wildman–Crippen LogP) is 19.0. The van der Waals surface area contributed by atoms with E-state index in [1.165, 1.54) is 278 Å². The second kappa shape index (κ2) is 47.4. The Labute approximate surface area is 321 Å². The highest BCUT2D eigenvalue weighted by atomic mass is 31.1. The van der Waals surface area contributed by atoms with Crippen molar-refractivity contribution in [3.05, 3.63) is 0 Å². The van der Waals surface area contributed by atoms with Gasteiger partial charge < -0.3 is 0 Å². The fourth-order valence-electron chi connectivity index (χ4n) is 8.08. The third-order valence-electron chi connectivity index (χ3n) is 11.8. The minimum Gasteiger partial charge on any atom is -0.269 e. The van der Waals surface area contributed by atoms with Crippen LogP contribution >= 0.6 is 8.58 Å². The number of halogens is 1. The van der Waals surface area contributed by atoms with Crippen molar-refractivity contribution in [2.75, 3.05) is 0 Å². The first kappa shape index (κ1) is 52.5. The van der Waals surface area contributed by atoms with Crippen LogP contribution in [0.25, 0.3) is 0 Å². The van der Waals surface area contributed by atoms with Gasteiger partial charge >= 0.3 is 0 Å². The van der Waals surface area contributed by atoms with Crippen LogP contribution in [-0.2, 0) is 0 Å². The minimum atomic E-state index is 0. The van der Waals surface area contributed by atoms with E-state index in [4.69, 9.17) is 0 Å². The molecule has 0 aromatic rings. The lowest BCUT2D eigenvalue weighted by Crippen LogP contribution is -2.08. The maximum atomic E-state index is 2.47. The van der Waals surface area contributed by atoms with Crippen molar-refractivity contribution in [1.29, 1.82) is 0 Å². The standard InChI is InChI=1S/C48H99P.FH/c1-5-9-11-13-15-17-19-21-23-25-27-29-31-33-35-37-39-41-43-45-47(7-3)49-48(8-4)46-44-42-40-38-36-34-32-30-28-26-24-22-20-18-16-14-12-10-6-2;/h47-49H,5-46H2,1-4H3;1H. The van der Waals surface area contributed by atoms with Gasteiger partial charge in [0.15, 0.2) is 0 Å². The van der Waals surface area contributed by atoms with Crippen LogP contribution in [0.3, 0.4) is 0 Å². The molecule has 304 valence electrons. The van der Waals surface area contributed by atoms with Crippen molar-refractivity contribution < 1.29 is 4.70 Å². The summed E-state index contributed by atoms with van der Waals surface area (Å²) in [6, 6.07) is 0. The molecule has 0 radical (unpaired) electrons. The lowest BCUT2D eigenvalue weighted by molar-refractivity contribution is 0.519. The van der Waals surface area contributed by atoms with Crippen LogP contribution in [-0.4, -0.2) is 11.3 Å². The smallest absolute Gasteiger partial charge is 0.0237 e. The second-order valence-corrected chi connectivity index (χ2v) is 18.6. The van der Waals surface area contributed by atoms with Crippen molar-refractivity contribution in [2.45, 2.75) is 309 Å². The van der Waals surface area contributed by atoms with Gasteiger partial charge in [0, 0.05) is 0 Å². The van der Waals surface area contributed by atoms with Crippen LogP contribution in [0.5, 0.6) is 0 Å². The zero-order valence-corrected chi connectivity index (χ0v) is 36.8. The van der Waals surface area contributed by atoms with E-state index in [1.807, 2.05) is 0 Å². The fraction of sp³-hybridized carbons (Fsp3) is 1.00. The van der Waals surface area contributed by atoms with Gasteiger partial charge in [-0.15, -0.1) is 8.58 Å². The first-order valence-corrected chi connectivity index (χ1v) is 25.2. The molecule has 2 unspecified atom stereocenters. The van der Waals surface area contributed by atoms with Gasteiger partial charge in [0.1, 0.15) is 0 Å². The molecule has 0 nitrogen and oxygen atoms in total. The molecule has 50 heavy (non-hydrogen) atoms. The van der Waals surface area contributed by atoms with E-state index in [1.54, 1.807) is 0 Å². The van der Waals surface area contributed by atoms with Crippen LogP contribution in [0, 0.1) is 0 Å². The summed E-state index contributed by atoms with van der Waals surface area (Å²) < 4.78 is 0. The predicted molar refractivity (Wildman–Crippen MR) is 235 cm³/mol. The molecule has 2 atom stereocenters. The van der Waals surface area contributed by atoms with Gasteiger partial charge in [0.25, 0.3) is 0 Å². The van der Waals surface area contributed by atoms with Gasteiger partial charge in [-0.1, -0.05) is 272 Å². The molecule has 0 fully saturated rings. The zero-order valence-electron chi connectivity index (χ0n) is 35.8. The average Bonchev–Trinajstić information content (AvgIpc) is 3.12. The molecular formula is C48H100FP. The van der Waals surface area contributed by atoms with Crippen molar-refractivity contribution in [1.82, 2.24) is 0 Å². The molecule has 0 spiro atoms. The van der Waals surface area contributed by atoms with Crippen LogP contribution in [0.4, 0.5) is 4.70 Å². The maximum Gasteiger partial charge on any atom is -0.0237 e. The average molecular weight is 727 g/mol. The number of hydrogen-bond donors (Lipinski definition) is 0. The van der Waals surface area contributed by atoms with Crippen LogP contribution in [0.15, 0.2) is 0 Å². The molecule has 0 aliphatic carbocycles. The molecule has 0 saturated carbocycles. The van der Waals surface area contributed by atoms with Gasteiger partial charge in [0.05, 0.1) is 0 Å². The van der Waals surface area contributed by atoms with Crippen molar-refractivity contribution in [3.63, 3.8) is 0 Å². The van der Waals surface area contributed by atoms with Gasteiger partial charge in [-0.25, -0.2) is 0 Å². The Morgan fingerprint density at radius 3 is 0.560 bits per heavy atom. The Morgan fingerprint density at radius 2 is 0.400 bits per heavy atom. The fourth-order valence-corrected chi connectivity index (χ4v) is 9.96. The van der Waals surface area contributed by atoms with E-state index in [9.17, 15) is 0 Å². The van der Waals surface area contributed by atoms with Gasteiger partial charge in [0.2, 0.25) is 0 Å². The molecule has 0 saturated heterocycles. The Bertz CT molecular complexity index is 516. The van der Waals surface area contributed by atoms with Gasteiger partial charge in [-0.3, -0.25) is 4.70 Å². The molecule has 0 bridgehead atoms. The summed E-state index contributed by atoms with van der Waals surface area (Å²) in [5.41, 5.74) is 2.05. The molecule has 0 heterocycles. The summed E-state index contributed by atoms with van der Waals surface area (Å²) in [4.78, 5) is 0. The molecule has 0 aromatic carbocycles. The summed E-state index contributed by atoms with van der Waals surface area (Å²) in [5.74, 6) is 0. The zero-order chi connectivity index (χ0) is 35.6. The molecule has 0 aliphatic heterocycles. The number of rotatable bonds is 44. The van der Waals surface area contributed by atoms with E-state index in [2.05, 4.69) is 27.7 Å². The molecular weight excluding hydrogens is 627 g/mol. The highest BCUT2D eigenvalue weighted by Crippen LogP contribution is 2.36. The molecule has 0 amide bonds. The third-order valence-corrected chi connectivity index (χ3v) is 14.1. The molecule has 0 aliphatic rings. The van der Waals surface area contributed by atoms with Crippen molar-refractivity contribution in [3.8, 4) is 0 Å². The molecule has 0 aromatic heterocycles. The summed E-state index contributed by atoms with van der Waals surface area (Å²) in [6.45, 7) is 9.57. The largest absolute Gasteiger partial charge is 0.269 e. The van der Waals surface area contributed by atoms with E-state index >= 15 is 0 Å². The summed E-state index contributed by atoms with van der Waals surface area (Å²) >= 11 is 0. The summed E-state index contributed by atoms with van der Waals surface area (Å²) in [6.07, 6.45) is 62.2. The van der Waals surface area contributed by atoms with E-state index in [0.717, 1.165) is 11.3 Å². The van der Waals surface area contributed by atoms with E-state index in [-0.39, 0.29) is 4.70 Å². The van der Waals surface area contributed by atoms with Gasteiger partial charge in [-0.2, -0.15) is 0 Å². The third kappa shape index (κ3) is 42.8. The van der Waals surface area contributed by atoms with Crippen LogP contribution in [0.2, 0.25) is 0 Å². The highest BCUT2D eigenvalue weighted by molar-refractivity contribution is 7.39. The van der Waals surface area contributed by atoms with E-state index < -0.39 is 0 Å². The lowest BCUT2D eigenvalue weighted by atomic mass is 10.0. The van der Waals surface area contributed by atoms with Crippen LogP contribution < -0.4 is 0 Å². The molecule has 0 rings (SSSR count). The Balaban J connectivity index is 0. The minimum absolute atomic E-state index is 0. The first-order chi connectivity index (χ1) is 24.3. The second-order valence-electron chi connectivity index (χ2n) is 16.7. The van der Waals surface area contributed by atoms with Gasteiger partial charge in [-0.05, 0) is 37.0 Å². The highest BCUT2D eigenvalue weighted by Gasteiger charge is 2.13. The number of unbranched alkanes of at least 4 members (excludes halogenated alkanes) is 36. The first-order valence-electron chi connectivity index (χ1n) is 24.0. The number of hydrogen-bond acceptors (Lipinski definition) is 0. The molecule has 0 N–H and O–H groups in total. The molecule has 2 heteroatoms. The summed E-state index contributed by atoms with van der Waals surface area (Å²) in [5, 5.41) is 0. The quantitative estimate of drug-likeness (QED) is 0.0433. The maximum absolute atomic E-state index is 2.47. The normalized spacial score (nSPS) is 13.0. The Kier molecular flexibility index (Phi) is 49.7. The van der Waals surface area contributed by atoms with E-state index in [0.29, 0.717) is 0 Å². The summed E-state index contributed by atoms with van der Waals surface area (Å²) in [7, 11) is 1.24. The van der Waals surface area contributed by atoms with Crippen LogP contribution in [0.1, 0.15) is 297 Å². The topological polar surface area (TPSA) is 0 Å².